The van der Waals surface area contributed by atoms with Crippen molar-refractivity contribution in [3.05, 3.63) is 83.4 Å². The number of esters is 1. The van der Waals surface area contributed by atoms with Crippen LogP contribution >= 0.6 is 0 Å². The third kappa shape index (κ3) is 7.09. The highest BCUT2D eigenvalue weighted by molar-refractivity contribution is 6.01. The van der Waals surface area contributed by atoms with E-state index in [2.05, 4.69) is 10.6 Å². The zero-order chi connectivity index (χ0) is 28.6. The van der Waals surface area contributed by atoms with Gasteiger partial charge >= 0.3 is 12.0 Å². The minimum atomic E-state index is -0.420. The van der Waals surface area contributed by atoms with E-state index in [0.717, 1.165) is 11.1 Å². The van der Waals surface area contributed by atoms with Crippen molar-refractivity contribution in [1.29, 1.82) is 0 Å². The van der Waals surface area contributed by atoms with Crippen molar-refractivity contribution in [1.82, 2.24) is 4.90 Å². The van der Waals surface area contributed by atoms with E-state index in [1.165, 1.54) is 14.2 Å². The highest BCUT2D eigenvalue weighted by Gasteiger charge is 2.34. The van der Waals surface area contributed by atoms with Crippen molar-refractivity contribution in [2.75, 3.05) is 38.0 Å². The first-order valence-electron chi connectivity index (χ1n) is 12.9. The number of hydrogen-bond donors (Lipinski definition) is 3. The number of aryl methyl sites for hydroxylation is 1. The predicted molar refractivity (Wildman–Crippen MR) is 152 cm³/mol. The standard InChI is InChI=1S/C30H34N4O6/c1-19-6-4-5-7-25(19)32-30(37)33-26-13-8-20(14-27(26)38-2)15-28(35)34-17-22(31)16-23(34)18-40-24-11-9-21(10-12-24)29(36)39-3/h4-14,22-23H,15-18,31H2,1-3H3,(H2,32,33,37). The summed E-state index contributed by atoms with van der Waals surface area (Å²) in [5, 5.41) is 5.63. The van der Waals surface area contributed by atoms with Gasteiger partial charge in [-0.1, -0.05) is 24.3 Å². The Morgan fingerprint density at radius 2 is 1.70 bits per heavy atom. The molecule has 1 saturated heterocycles. The van der Waals surface area contributed by atoms with Crippen LogP contribution in [0.25, 0.3) is 0 Å². The zero-order valence-corrected chi connectivity index (χ0v) is 22.8. The van der Waals surface area contributed by atoms with Crippen LogP contribution in [-0.2, 0) is 16.0 Å². The molecule has 2 atom stereocenters. The van der Waals surface area contributed by atoms with E-state index in [1.54, 1.807) is 47.4 Å². The number of carbonyl (C=O) groups is 3. The van der Waals surface area contributed by atoms with Crippen LogP contribution in [0.4, 0.5) is 16.2 Å². The predicted octanol–water partition coefficient (Wildman–Crippen LogP) is 3.98. The molecule has 4 rings (SSSR count). The average molecular weight is 547 g/mol. The number of nitrogens with one attached hydrogen (secondary N) is 2. The molecule has 10 heteroatoms. The molecule has 1 heterocycles. The molecule has 1 aliphatic rings. The van der Waals surface area contributed by atoms with Gasteiger partial charge in [-0.3, -0.25) is 4.79 Å². The molecule has 1 fully saturated rings. The van der Waals surface area contributed by atoms with Gasteiger partial charge in [-0.15, -0.1) is 0 Å². The first kappa shape index (κ1) is 28.4. The van der Waals surface area contributed by atoms with Gasteiger partial charge in [0.15, 0.2) is 0 Å². The summed E-state index contributed by atoms with van der Waals surface area (Å²) in [4.78, 5) is 39.2. The first-order valence-corrected chi connectivity index (χ1v) is 12.9. The maximum absolute atomic E-state index is 13.3. The number of hydrogen-bond acceptors (Lipinski definition) is 7. The SMILES string of the molecule is COC(=O)c1ccc(OCC2CC(N)CN2C(=O)Cc2ccc(NC(=O)Nc3ccccc3C)c(OC)c2)cc1. The third-order valence-electron chi connectivity index (χ3n) is 6.75. The summed E-state index contributed by atoms with van der Waals surface area (Å²) in [6, 6.07) is 18.6. The summed E-state index contributed by atoms with van der Waals surface area (Å²) in [6.07, 6.45) is 0.761. The van der Waals surface area contributed by atoms with Crippen LogP contribution in [0.3, 0.4) is 0 Å². The quantitative estimate of drug-likeness (QED) is 0.346. The van der Waals surface area contributed by atoms with Crippen molar-refractivity contribution in [2.45, 2.75) is 31.8 Å². The molecular formula is C30H34N4O6. The second-order valence-electron chi connectivity index (χ2n) is 9.63. The van der Waals surface area contributed by atoms with E-state index in [9.17, 15) is 14.4 Å². The van der Waals surface area contributed by atoms with E-state index < -0.39 is 12.0 Å². The van der Waals surface area contributed by atoms with Gasteiger partial charge in [-0.05, 0) is 66.9 Å². The summed E-state index contributed by atoms with van der Waals surface area (Å²) in [5.41, 5.74) is 9.50. The molecule has 3 amide bonds. The second-order valence-corrected chi connectivity index (χ2v) is 9.63. The van der Waals surface area contributed by atoms with E-state index in [1.807, 2.05) is 31.2 Å². The molecule has 210 valence electrons. The van der Waals surface area contributed by atoms with Gasteiger partial charge < -0.3 is 35.5 Å². The number of benzene rings is 3. The normalized spacial score (nSPS) is 16.2. The molecule has 4 N–H and O–H groups in total. The zero-order valence-electron chi connectivity index (χ0n) is 22.8. The number of anilines is 2. The van der Waals surface area contributed by atoms with Crippen LogP contribution in [0.2, 0.25) is 0 Å². The topological polar surface area (TPSA) is 132 Å². The van der Waals surface area contributed by atoms with Crippen LogP contribution in [0, 0.1) is 6.92 Å². The van der Waals surface area contributed by atoms with Crippen LogP contribution < -0.4 is 25.8 Å². The molecule has 0 saturated carbocycles. The molecule has 0 aliphatic carbocycles. The molecule has 0 bridgehead atoms. The molecule has 2 unspecified atom stereocenters. The lowest BCUT2D eigenvalue weighted by atomic mass is 10.1. The summed E-state index contributed by atoms with van der Waals surface area (Å²) in [6.45, 7) is 2.62. The van der Waals surface area contributed by atoms with Gasteiger partial charge in [0.2, 0.25) is 5.91 Å². The highest BCUT2D eigenvalue weighted by Crippen LogP contribution is 2.27. The van der Waals surface area contributed by atoms with Gasteiger partial charge in [0.1, 0.15) is 18.1 Å². The number of nitrogens with zero attached hydrogens (tertiary/aromatic N) is 1. The fraction of sp³-hybridized carbons (Fsp3) is 0.300. The van der Waals surface area contributed by atoms with Gasteiger partial charge in [-0.25, -0.2) is 9.59 Å². The lowest BCUT2D eigenvalue weighted by Crippen LogP contribution is -2.40. The first-order chi connectivity index (χ1) is 19.3. The number of para-hydroxylation sites is 1. The van der Waals surface area contributed by atoms with E-state index in [4.69, 9.17) is 19.9 Å². The molecule has 3 aromatic carbocycles. The lowest BCUT2D eigenvalue weighted by molar-refractivity contribution is -0.131. The molecule has 0 aromatic heterocycles. The third-order valence-corrected chi connectivity index (χ3v) is 6.75. The minimum absolute atomic E-state index is 0.0809. The average Bonchev–Trinajstić information content (AvgIpc) is 3.34. The number of rotatable bonds is 9. The molecule has 10 nitrogen and oxygen atoms in total. The van der Waals surface area contributed by atoms with Crippen molar-refractivity contribution in [3.63, 3.8) is 0 Å². The second kappa shape index (κ2) is 13.0. The molecule has 0 radical (unpaired) electrons. The van der Waals surface area contributed by atoms with E-state index >= 15 is 0 Å². The van der Waals surface area contributed by atoms with Gasteiger partial charge in [0.05, 0.1) is 37.9 Å². The fourth-order valence-electron chi connectivity index (χ4n) is 4.63. The van der Waals surface area contributed by atoms with Gasteiger partial charge in [-0.2, -0.15) is 0 Å². The number of amides is 3. The minimum Gasteiger partial charge on any atom is -0.495 e. The number of ether oxygens (including phenoxy) is 3. The molecule has 3 aromatic rings. The van der Waals surface area contributed by atoms with Crippen LogP contribution in [0.15, 0.2) is 66.7 Å². The maximum Gasteiger partial charge on any atom is 0.337 e. The Labute approximate surface area is 233 Å². The fourth-order valence-corrected chi connectivity index (χ4v) is 4.63. The van der Waals surface area contributed by atoms with Gasteiger partial charge in [0.25, 0.3) is 0 Å². The summed E-state index contributed by atoms with van der Waals surface area (Å²) >= 11 is 0. The Hall–Kier alpha value is -4.57. The Morgan fingerprint density at radius 3 is 2.40 bits per heavy atom. The number of likely N-dealkylation sites (tertiary alicyclic amines) is 1. The van der Waals surface area contributed by atoms with Crippen molar-refractivity contribution in [2.24, 2.45) is 5.73 Å². The highest BCUT2D eigenvalue weighted by atomic mass is 16.5. The van der Waals surface area contributed by atoms with E-state index in [-0.39, 0.29) is 31.0 Å². The molecular weight excluding hydrogens is 512 g/mol. The van der Waals surface area contributed by atoms with Crippen molar-refractivity contribution in [3.8, 4) is 11.5 Å². The Kier molecular flexibility index (Phi) is 9.23. The van der Waals surface area contributed by atoms with Crippen molar-refractivity contribution < 1.29 is 28.6 Å². The van der Waals surface area contributed by atoms with Crippen LogP contribution in [0.1, 0.15) is 27.9 Å². The maximum atomic E-state index is 13.3. The Balaban J connectivity index is 1.36. The van der Waals surface area contributed by atoms with Crippen LogP contribution in [0.5, 0.6) is 11.5 Å². The summed E-state index contributed by atoms with van der Waals surface area (Å²) in [5.74, 6) is 0.525. The largest absolute Gasteiger partial charge is 0.495 e. The molecule has 1 aliphatic heterocycles. The number of nitrogens with two attached hydrogens (primary N) is 1. The van der Waals surface area contributed by atoms with Crippen molar-refractivity contribution >= 4 is 29.3 Å². The van der Waals surface area contributed by atoms with Crippen LogP contribution in [-0.4, -0.2) is 62.3 Å². The summed E-state index contributed by atoms with van der Waals surface area (Å²) in [7, 11) is 2.84. The number of urea groups is 1. The molecule has 40 heavy (non-hydrogen) atoms. The smallest absolute Gasteiger partial charge is 0.337 e. The summed E-state index contributed by atoms with van der Waals surface area (Å²) < 4.78 is 16.1. The monoisotopic (exact) mass is 546 g/mol. The molecule has 0 spiro atoms. The van der Waals surface area contributed by atoms with E-state index in [0.29, 0.717) is 41.4 Å². The number of carbonyl (C=O) groups excluding carboxylic acids is 3. The Morgan fingerprint density at radius 1 is 0.975 bits per heavy atom. The number of methoxy groups -OCH3 is 2. The lowest BCUT2D eigenvalue weighted by Gasteiger charge is -2.25. The Bertz CT molecular complexity index is 1360. The van der Waals surface area contributed by atoms with Gasteiger partial charge in [0, 0.05) is 18.3 Å².